The van der Waals surface area contributed by atoms with Crippen LogP contribution in [0.1, 0.15) is 25.3 Å². The van der Waals surface area contributed by atoms with Crippen LogP contribution in [-0.4, -0.2) is 27.3 Å². The van der Waals surface area contributed by atoms with E-state index in [0.29, 0.717) is 0 Å². The highest BCUT2D eigenvalue weighted by Gasteiger charge is 2.24. The maximum Gasteiger partial charge on any atom is 0.0981 e. The van der Waals surface area contributed by atoms with Gasteiger partial charge >= 0.3 is 0 Å². The van der Waals surface area contributed by atoms with E-state index in [-0.39, 0.29) is 6.04 Å². The molecule has 0 radical (unpaired) electrons. The van der Waals surface area contributed by atoms with Crippen molar-refractivity contribution in [3.8, 4) is 6.07 Å². The Morgan fingerprint density at radius 2 is 2.53 bits per heavy atom. The minimum absolute atomic E-state index is 0.106. The van der Waals surface area contributed by atoms with Crippen molar-refractivity contribution in [1.29, 1.82) is 5.26 Å². The van der Waals surface area contributed by atoms with Crippen molar-refractivity contribution in [2.75, 3.05) is 6.54 Å². The number of hydrogen-bond donors (Lipinski definition) is 0. The van der Waals surface area contributed by atoms with Gasteiger partial charge in [0, 0.05) is 24.8 Å². The first-order valence-electron chi connectivity index (χ1n) is 5.48. The van der Waals surface area contributed by atoms with Crippen LogP contribution < -0.4 is 0 Å². The number of aromatic nitrogens is 2. The third-order valence-electron chi connectivity index (χ3n) is 2.91. The Balaban J connectivity index is 1.99. The van der Waals surface area contributed by atoms with Gasteiger partial charge < -0.3 is 0 Å². The number of likely N-dealkylation sites (tertiary alicyclic amines) is 1. The van der Waals surface area contributed by atoms with Crippen molar-refractivity contribution in [2.45, 2.75) is 38.9 Å². The predicted molar refractivity (Wildman–Crippen MR) is 56.9 cm³/mol. The van der Waals surface area contributed by atoms with Crippen molar-refractivity contribution in [3.05, 3.63) is 18.0 Å². The van der Waals surface area contributed by atoms with E-state index in [9.17, 15) is 0 Å². The Morgan fingerprint density at radius 3 is 3.20 bits per heavy atom. The molecule has 0 aliphatic carbocycles. The van der Waals surface area contributed by atoms with Crippen LogP contribution in [0.15, 0.2) is 12.4 Å². The summed E-state index contributed by atoms with van der Waals surface area (Å²) in [5.74, 6) is 0. The Bertz CT molecular complexity index is 363. The van der Waals surface area contributed by atoms with E-state index in [0.717, 1.165) is 32.5 Å². The van der Waals surface area contributed by atoms with Gasteiger partial charge in [-0.2, -0.15) is 10.4 Å². The van der Waals surface area contributed by atoms with Crippen molar-refractivity contribution < 1.29 is 0 Å². The monoisotopic (exact) mass is 204 g/mol. The van der Waals surface area contributed by atoms with Gasteiger partial charge in [-0.3, -0.25) is 9.58 Å². The Labute approximate surface area is 90.1 Å². The van der Waals surface area contributed by atoms with Gasteiger partial charge in [0.2, 0.25) is 0 Å². The molecule has 1 atom stereocenters. The molecule has 0 N–H and O–H groups in total. The van der Waals surface area contributed by atoms with Crippen molar-refractivity contribution in [2.24, 2.45) is 0 Å². The van der Waals surface area contributed by atoms with Crippen LogP contribution in [0.25, 0.3) is 0 Å². The third kappa shape index (κ3) is 2.18. The lowest BCUT2D eigenvalue weighted by atomic mass is 10.2. The molecule has 1 aliphatic rings. The quantitative estimate of drug-likeness (QED) is 0.747. The molecule has 4 heteroatoms. The first-order chi connectivity index (χ1) is 7.33. The lowest BCUT2D eigenvalue weighted by Crippen LogP contribution is -2.27. The van der Waals surface area contributed by atoms with E-state index in [2.05, 4.69) is 29.2 Å². The molecule has 2 rings (SSSR count). The molecule has 1 unspecified atom stereocenters. The second-order valence-electron chi connectivity index (χ2n) is 3.96. The van der Waals surface area contributed by atoms with E-state index < -0.39 is 0 Å². The van der Waals surface area contributed by atoms with Gasteiger partial charge in [-0.1, -0.05) is 0 Å². The van der Waals surface area contributed by atoms with Crippen LogP contribution in [0.2, 0.25) is 0 Å². The zero-order valence-corrected chi connectivity index (χ0v) is 9.06. The lowest BCUT2D eigenvalue weighted by molar-refractivity contribution is 0.286. The predicted octanol–water partition coefficient (Wildman–Crippen LogP) is 1.39. The molecule has 0 saturated carbocycles. The van der Waals surface area contributed by atoms with Gasteiger partial charge in [-0.15, -0.1) is 0 Å². The number of hydrogen-bond acceptors (Lipinski definition) is 3. The highest BCUT2D eigenvalue weighted by atomic mass is 15.3. The van der Waals surface area contributed by atoms with E-state index in [1.165, 1.54) is 5.56 Å². The van der Waals surface area contributed by atoms with E-state index >= 15 is 0 Å². The number of rotatable bonds is 3. The molecular formula is C11H16N4. The van der Waals surface area contributed by atoms with Gasteiger partial charge in [-0.05, 0) is 26.3 Å². The molecule has 80 valence electrons. The molecule has 4 nitrogen and oxygen atoms in total. The van der Waals surface area contributed by atoms with Crippen LogP contribution in [0.3, 0.4) is 0 Å². The fraction of sp³-hybridized carbons (Fsp3) is 0.636. The highest BCUT2D eigenvalue weighted by Crippen LogP contribution is 2.18. The number of aryl methyl sites for hydroxylation is 1. The normalized spacial score (nSPS) is 21.7. The van der Waals surface area contributed by atoms with E-state index in [1.54, 1.807) is 0 Å². The zero-order chi connectivity index (χ0) is 10.7. The first-order valence-corrected chi connectivity index (χ1v) is 5.48. The fourth-order valence-electron chi connectivity index (χ4n) is 2.06. The topological polar surface area (TPSA) is 44.9 Å². The molecule has 1 aliphatic heterocycles. The summed E-state index contributed by atoms with van der Waals surface area (Å²) in [5, 5.41) is 13.2. The highest BCUT2D eigenvalue weighted by molar-refractivity contribution is 5.06. The Kier molecular flexibility index (Phi) is 3.02. The summed E-state index contributed by atoms with van der Waals surface area (Å²) in [6.07, 6.45) is 6.11. The lowest BCUT2D eigenvalue weighted by Gasteiger charge is -2.17. The maximum absolute atomic E-state index is 8.95. The molecule has 0 amide bonds. The second-order valence-corrected chi connectivity index (χ2v) is 3.96. The summed E-state index contributed by atoms with van der Waals surface area (Å²) in [7, 11) is 0. The Morgan fingerprint density at radius 1 is 1.67 bits per heavy atom. The summed E-state index contributed by atoms with van der Waals surface area (Å²) in [4.78, 5) is 2.23. The summed E-state index contributed by atoms with van der Waals surface area (Å²) in [6.45, 7) is 4.88. The van der Waals surface area contributed by atoms with E-state index in [1.807, 2.05) is 10.9 Å². The average molecular weight is 204 g/mol. The van der Waals surface area contributed by atoms with Gasteiger partial charge in [0.05, 0.1) is 18.3 Å². The molecule has 1 saturated heterocycles. The van der Waals surface area contributed by atoms with Crippen LogP contribution in [0.4, 0.5) is 0 Å². The van der Waals surface area contributed by atoms with Gasteiger partial charge in [0.25, 0.3) is 0 Å². The molecule has 1 fully saturated rings. The molecular weight excluding hydrogens is 188 g/mol. The number of nitriles is 1. The summed E-state index contributed by atoms with van der Waals surface area (Å²) in [6, 6.07) is 2.46. The molecule has 15 heavy (non-hydrogen) atoms. The molecule has 1 aromatic heterocycles. The summed E-state index contributed by atoms with van der Waals surface area (Å²) in [5.41, 5.74) is 1.21. The van der Waals surface area contributed by atoms with Gasteiger partial charge in [0.15, 0.2) is 0 Å². The van der Waals surface area contributed by atoms with E-state index in [4.69, 9.17) is 5.26 Å². The number of nitrogens with zero attached hydrogens (tertiary/aromatic N) is 4. The van der Waals surface area contributed by atoms with Crippen molar-refractivity contribution in [1.82, 2.24) is 14.7 Å². The molecule has 0 bridgehead atoms. The molecule has 0 aromatic carbocycles. The molecule has 0 spiro atoms. The Hall–Kier alpha value is -1.34. The van der Waals surface area contributed by atoms with Gasteiger partial charge in [0.1, 0.15) is 0 Å². The first kappa shape index (κ1) is 10.2. The average Bonchev–Trinajstić information content (AvgIpc) is 2.87. The largest absolute Gasteiger partial charge is 0.284 e. The SMILES string of the molecule is CCn1cc(CN2CCCC2C#N)cn1. The van der Waals surface area contributed by atoms with Crippen molar-refractivity contribution >= 4 is 0 Å². The smallest absolute Gasteiger partial charge is 0.0981 e. The van der Waals surface area contributed by atoms with Gasteiger partial charge in [-0.25, -0.2) is 0 Å². The minimum atomic E-state index is 0.106. The van der Waals surface area contributed by atoms with Crippen LogP contribution >= 0.6 is 0 Å². The third-order valence-corrected chi connectivity index (χ3v) is 2.91. The van der Waals surface area contributed by atoms with Crippen molar-refractivity contribution in [3.63, 3.8) is 0 Å². The summed E-state index contributed by atoms with van der Waals surface area (Å²) < 4.78 is 1.92. The van der Waals surface area contributed by atoms with Crippen LogP contribution in [0, 0.1) is 11.3 Å². The van der Waals surface area contributed by atoms with Crippen LogP contribution in [0.5, 0.6) is 0 Å². The second kappa shape index (κ2) is 4.45. The molecule has 1 aromatic rings. The standard InChI is InChI=1S/C11H16N4/c1-2-15-9-10(7-13-15)8-14-5-3-4-11(14)6-12/h7,9,11H,2-5,8H2,1H3. The fourth-order valence-corrected chi connectivity index (χ4v) is 2.06. The zero-order valence-electron chi connectivity index (χ0n) is 9.06. The molecule has 2 heterocycles. The minimum Gasteiger partial charge on any atom is -0.284 e. The summed E-state index contributed by atoms with van der Waals surface area (Å²) >= 11 is 0. The maximum atomic E-state index is 8.95. The van der Waals surface area contributed by atoms with Crippen LogP contribution in [-0.2, 0) is 13.1 Å².